The van der Waals surface area contributed by atoms with Gasteiger partial charge in [-0.15, -0.1) is 0 Å². The molecule has 6 N–H and O–H groups in total. The Kier molecular flexibility index (Phi) is 8.35. The molecule has 1 heterocycles. The van der Waals surface area contributed by atoms with Crippen LogP contribution in [0.4, 0.5) is 5.69 Å². The maximum atomic E-state index is 12.4. The molecule has 1 aromatic heterocycles. The molecule has 1 unspecified atom stereocenters. The molecule has 0 aliphatic rings. The Balaban J connectivity index is 1.99. The number of rotatable bonds is 10. The van der Waals surface area contributed by atoms with Crippen LogP contribution in [-0.4, -0.2) is 44.5 Å². The topological polar surface area (TPSA) is 120 Å². The third-order valence-corrected chi connectivity index (χ3v) is 5.12. The van der Waals surface area contributed by atoms with Gasteiger partial charge in [-0.1, -0.05) is 0 Å². The molecule has 0 fully saturated rings. The van der Waals surface area contributed by atoms with Gasteiger partial charge in [-0.25, -0.2) is 4.79 Å². The highest BCUT2D eigenvalue weighted by molar-refractivity contribution is 5.96. The molecule has 1 atom stereocenters. The van der Waals surface area contributed by atoms with Crippen molar-refractivity contribution in [3.8, 4) is 0 Å². The highest BCUT2D eigenvalue weighted by atomic mass is 16.4. The van der Waals surface area contributed by atoms with Gasteiger partial charge >= 0.3 is 5.63 Å². The molecule has 0 aliphatic carbocycles. The van der Waals surface area contributed by atoms with Gasteiger partial charge in [0.25, 0.3) is 11.8 Å². The number of benzene rings is 1. The Bertz CT molecular complexity index is 905. The average molecular weight is 405 g/mol. The lowest BCUT2D eigenvalue weighted by Crippen LogP contribution is -3.06. The predicted octanol–water partition coefficient (Wildman–Crippen LogP) is -0.394. The largest absolute Gasteiger partial charge is 0.422 e. The van der Waals surface area contributed by atoms with Crippen LogP contribution in [0.25, 0.3) is 11.0 Å². The van der Waals surface area contributed by atoms with Crippen molar-refractivity contribution in [3.63, 3.8) is 0 Å². The molecule has 2 aromatic rings. The van der Waals surface area contributed by atoms with E-state index in [1.165, 1.54) is 4.90 Å². The van der Waals surface area contributed by atoms with Crippen molar-refractivity contribution in [2.45, 2.75) is 39.2 Å². The predicted molar refractivity (Wildman–Crippen MR) is 111 cm³/mol. The molecule has 2 rings (SSSR count). The van der Waals surface area contributed by atoms with Gasteiger partial charge in [0.15, 0.2) is 6.04 Å². The molecule has 158 valence electrons. The summed E-state index contributed by atoms with van der Waals surface area (Å²) < 4.78 is 5.41. The molecule has 0 bridgehead atoms. The smallest absolute Gasteiger partial charge is 0.349 e. The number of carbonyl (C=O) groups is 2. The molecule has 1 aromatic carbocycles. The summed E-state index contributed by atoms with van der Waals surface area (Å²) in [6.07, 6.45) is 2.10. The number of amides is 2. The number of quaternary nitrogens is 2. The third-order valence-electron chi connectivity index (χ3n) is 5.12. The summed E-state index contributed by atoms with van der Waals surface area (Å²) in [5.41, 5.74) is 4.71. The summed E-state index contributed by atoms with van der Waals surface area (Å²) in [6.45, 7) is 6.49. The molecular formula is C21H32N4O4+2. The van der Waals surface area contributed by atoms with E-state index in [0.717, 1.165) is 30.6 Å². The minimum absolute atomic E-state index is 0.000770. The first-order valence-electron chi connectivity index (χ1n) is 10.2. The standard InChI is InChI=1S/C21H30N4O4/c1-4-25(5-2)15-10-9-14-12-16(21(28)29-18(14)13-15)19(26)24-11-7-6-8-17(22)20(27)23-3/h9-10,12-13,17H,4-8,11,22H2,1-3H3,(H,23,27)(H,24,26)/p+2. The van der Waals surface area contributed by atoms with Crippen LogP contribution in [0.5, 0.6) is 0 Å². The summed E-state index contributed by atoms with van der Waals surface area (Å²) >= 11 is 0. The second-order valence-corrected chi connectivity index (χ2v) is 7.07. The average Bonchev–Trinajstić information content (AvgIpc) is 2.72. The van der Waals surface area contributed by atoms with Gasteiger partial charge in [-0.3, -0.25) is 9.59 Å². The van der Waals surface area contributed by atoms with Gasteiger partial charge in [-0.05, 0) is 44.9 Å². The normalized spacial score (nSPS) is 12.2. The Morgan fingerprint density at radius 1 is 1.17 bits per heavy atom. The number of carbonyl (C=O) groups excluding carboxylic acids is 2. The van der Waals surface area contributed by atoms with Crippen molar-refractivity contribution in [2.75, 3.05) is 26.7 Å². The molecule has 8 nitrogen and oxygen atoms in total. The Morgan fingerprint density at radius 3 is 2.55 bits per heavy atom. The number of fused-ring (bicyclic) bond motifs is 1. The first kappa shape index (κ1) is 22.6. The lowest BCUT2D eigenvalue weighted by Gasteiger charge is -2.14. The van der Waals surface area contributed by atoms with Crippen molar-refractivity contribution in [1.29, 1.82) is 0 Å². The van der Waals surface area contributed by atoms with E-state index < -0.39 is 11.5 Å². The van der Waals surface area contributed by atoms with Gasteiger partial charge in [0.1, 0.15) is 16.8 Å². The lowest BCUT2D eigenvalue weighted by molar-refractivity contribution is -0.828. The van der Waals surface area contributed by atoms with E-state index in [2.05, 4.69) is 30.2 Å². The quantitative estimate of drug-likeness (QED) is 0.318. The summed E-state index contributed by atoms with van der Waals surface area (Å²) in [5, 5.41) is 6.03. The highest BCUT2D eigenvalue weighted by Gasteiger charge is 2.17. The van der Waals surface area contributed by atoms with Crippen molar-refractivity contribution in [2.24, 2.45) is 0 Å². The lowest BCUT2D eigenvalue weighted by atomic mass is 10.1. The van der Waals surface area contributed by atoms with Crippen molar-refractivity contribution < 1.29 is 24.6 Å². The third kappa shape index (κ3) is 5.88. The fourth-order valence-electron chi connectivity index (χ4n) is 3.30. The zero-order valence-electron chi connectivity index (χ0n) is 17.5. The van der Waals surface area contributed by atoms with Crippen LogP contribution in [0.3, 0.4) is 0 Å². The minimum Gasteiger partial charge on any atom is -0.422 e. The van der Waals surface area contributed by atoms with Gasteiger partial charge in [0.2, 0.25) is 0 Å². The van der Waals surface area contributed by atoms with E-state index in [4.69, 9.17) is 4.42 Å². The molecule has 29 heavy (non-hydrogen) atoms. The molecule has 2 amide bonds. The van der Waals surface area contributed by atoms with Crippen LogP contribution in [0.2, 0.25) is 0 Å². The molecule has 8 heteroatoms. The maximum Gasteiger partial charge on any atom is 0.349 e. The van der Waals surface area contributed by atoms with Crippen molar-refractivity contribution >= 4 is 28.5 Å². The Morgan fingerprint density at radius 2 is 1.90 bits per heavy atom. The van der Waals surface area contributed by atoms with Crippen LogP contribution < -0.4 is 26.9 Å². The molecule has 0 saturated carbocycles. The van der Waals surface area contributed by atoms with Gasteiger partial charge in [0.05, 0.1) is 13.1 Å². The van der Waals surface area contributed by atoms with Crippen LogP contribution >= 0.6 is 0 Å². The minimum atomic E-state index is -0.640. The second kappa shape index (κ2) is 10.7. The molecule has 0 saturated heterocycles. The van der Waals surface area contributed by atoms with Gasteiger partial charge in [0, 0.05) is 31.5 Å². The summed E-state index contributed by atoms with van der Waals surface area (Å²) in [6, 6.07) is 7.01. The second-order valence-electron chi connectivity index (χ2n) is 7.07. The Labute approximate surface area is 170 Å². The van der Waals surface area contributed by atoms with Crippen LogP contribution in [0, 0.1) is 0 Å². The fraction of sp³-hybridized carbons (Fsp3) is 0.476. The summed E-state index contributed by atoms with van der Waals surface area (Å²) in [5.74, 6) is -0.537. The SMILES string of the molecule is CC[NH+](CC)c1ccc2cc(C(=O)NCCCCC([NH3+])C(=O)NC)c(=O)oc2c1. The van der Waals surface area contributed by atoms with E-state index in [1.807, 2.05) is 18.2 Å². The Hall–Kier alpha value is -2.71. The zero-order valence-corrected chi connectivity index (χ0v) is 17.5. The maximum absolute atomic E-state index is 12.4. The van der Waals surface area contributed by atoms with Crippen molar-refractivity contribution in [1.82, 2.24) is 10.6 Å². The van der Waals surface area contributed by atoms with E-state index in [9.17, 15) is 14.4 Å². The molecule has 0 aliphatic heterocycles. The number of nitrogens with one attached hydrogen (secondary N) is 3. The van der Waals surface area contributed by atoms with E-state index in [1.54, 1.807) is 13.1 Å². The number of hydrogen-bond donors (Lipinski definition) is 4. The van der Waals surface area contributed by atoms with E-state index in [-0.39, 0.29) is 17.5 Å². The first-order valence-corrected chi connectivity index (χ1v) is 10.2. The van der Waals surface area contributed by atoms with Crippen LogP contribution in [0.1, 0.15) is 43.5 Å². The summed E-state index contributed by atoms with van der Waals surface area (Å²) in [4.78, 5) is 37.4. The fourth-order valence-corrected chi connectivity index (χ4v) is 3.30. The van der Waals surface area contributed by atoms with E-state index in [0.29, 0.717) is 25.0 Å². The zero-order chi connectivity index (χ0) is 21.4. The summed E-state index contributed by atoms with van der Waals surface area (Å²) in [7, 11) is 1.58. The molecular weight excluding hydrogens is 372 g/mol. The monoisotopic (exact) mass is 404 g/mol. The number of likely N-dealkylation sites (N-methyl/N-ethyl adjacent to an activating group) is 1. The number of unbranched alkanes of at least 4 members (excludes halogenated alkanes) is 1. The first-order chi connectivity index (χ1) is 13.9. The number of hydrogen-bond acceptors (Lipinski definition) is 4. The van der Waals surface area contributed by atoms with Crippen LogP contribution in [-0.2, 0) is 4.79 Å². The highest BCUT2D eigenvalue weighted by Crippen LogP contribution is 2.17. The van der Waals surface area contributed by atoms with Crippen LogP contribution in [0.15, 0.2) is 33.5 Å². The van der Waals surface area contributed by atoms with Crippen molar-refractivity contribution in [3.05, 3.63) is 40.2 Å². The van der Waals surface area contributed by atoms with Gasteiger partial charge in [-0.2, -0.15) is 0 Å². The molecule has 0 radical (unpaired) electrons. The van der Waals surface area contributed by atoms with Gasteiger partial charge < -0.3 is 25.7 Å². The van der Waals surface area contributed by atoms with E-state index >= 15 is 0 Å². The molecule has 0 spiro atoms.